The van der Waals surface area contributed by atoms with E-state index in [4.69, 9.17) is 11.6 Å². The third-order valence-corrected chi connectivity index (χ3v) is 7.28. The van der Waals surface area contributed by atoms with Gasteiger partial charge in [-0.15, -0.1) is 0 Å². The summed E-state index contributed by atoms with van der Waals surface area (Å²) >= 11 is 6.01. The summed E-state index contributed by atoms with van der Waals surface area (Å²) in [5, 5.41) is 12.4. The van der Waals surface area contributed by atoms with Crippen molar-refractivity contribution in [3.05, 3.63) is 87.9 Å². The summed E-state index contributed by atoms with van der Waals surface area (Å²) in [6.45, 7) is 0.249. The minimum absolute atomic E-state index is 0.0169. The summed E-state index contributed by atoms with van der Waals surface area (Å²) < 4.78 is 27.8. The molecular formula is C23H17ClN2O6S. The number of nitrogens with one attached hydrogen (secondary N) is 1. The van der Waals surface area contributed by atoms with E-state index in [9.17, 15) is 27.9 Å². The van der Waals surface area contributed by atoms with Gasteiger partial charge in [-0.25, -0.2) is 13.2 Å². The number of carboxylic acid groups (broad SMARTS) is 1. The van der Waals surface area contributed by atoms with Gasteiger partial charge in [-0.1, -0.05) is 17.7 Å². The lowest BCUT2D eigenvalue weighted by molar-refractivity contribution is 0.0698. The number of amides is 1. The van der Waals surface area contributed by atoms with E-state index in [1.54, 1.807) is 18.2 Å². The highest BCUT2D eigenvalue weighted by Gasteiger charge is 2.31. The van der Waals surface area contributed by atoms with Crippen LogP contribution in [0.25, 0.3) is 0 Å². The molecule has 33 heavy (non-hydrogen) atoms. The molecule has 8 nitrogen and oxygen atoms in total. The summed E-state index contributed by atoms with van der Waals surface area (Å²) in [7, 11) is -3.95. The average molecular weight is 485 g/mol. The van der Waals surface area contributed by atoms with E-state index in [-0.39, 0.29) is 33.8 Å². The molecule has 1 aliphatic heterocycles. The second kappa shape index (κ2) is 8.68. The number of benzene rings is 3. The predicted molar refractivity (Wildman–Crippen MR) is 123 cm³/mol. The lowest BCUT2D eigenvalue weighted by Gasteiger charge is -2.20. The van der Waals surface area contributed by atoms with Crippen LogP contribution in [0, 0.1) is 0 Å². The molecule has 0 fully saturated rings. The summed E-state index contributed by atoms with van der Waals surface area (Å²) in [4.78, 5) is 35.1. The molecule has 10 heteroatoms. The quantitative estimate of drug-likeness (QED) is 0.512. The van der Waals surface area contributed by atoms with Gasteiger partial charge in [0.05, 0.1) is 21.8 Å². The Hall–Kier alpha value is -3.69. The van der Waals surface area contributed by atoms with Crippen LogP contribution in [0.1, 0.15) is 36.6 Å². The van der Waals surface area contributed by atoms with Crippen molar-refractivity contribution >= 4 is 51.2 Å². The average Bonchev–Trinajstić information content (AvgIpc) is 3.23. The topological polar surface area (TPSA) is 121 Å². The van der Waals surface area contributed by atoms with Crippen molar-refractivity contribution in [3.8, 4) is 0 Å². The van der Waals surface area contributed by atoms with Crippen LogP contribution in [0.2, 0.25) is 5.02 Å². The number of aldehydes is 1. The highest BCUT2D eigenvalue weighted by atomic mass is 35.5. The zero-order chi connectivity index (χ0) is 23.8. The van der Waals surface area contributed by atoms with Crippen LogP contribution in [0.4, 0.5) is 11.4 Å². The van der Waals surface area contributed by atoms with Crippen LogP contribution >= 0.6 is 11.6 Å². The number of nitrogens with zero attached hydrogens (tertiary/aromatic N) is 1. The number of halogens is 1. The Balaban J connectivity index is 1.63. The number of hydrogen-bond acceptors (Lipinski definition) is 5. The summed E-state index contributed by atoms with van der Waals surface area (Å²) in [5.41, 5.74) is 1.25. The molecule has 4 rings (SSSR count). The molecular weight excluding hydrogens is 468 g/mol. The molecule has 0 saturated heterocycles. The number of rotatable bonds is 6. The molecule has 1 amide bonds. The van der Waals surface area contributed by atoms with E-state index >= 15 is 0 Å². The van der Waals surface area contributed by atoms with Crippen LogP contribution in [0.5, 0.6) is 0 Å². The third-order valence-electron chi connectivity index (χ3n) is 5.24. The maximum absolute atomic E-state index is 13.3. The second-order valence-corrected chi connectivity index (χ2v) is 9.61. The van der Waals surface area contributed by atoms with Crippen LogP contribution in [0.15, 0.2) is 65.6 Å². The van der Waals surface area contributed by atoms with Crippen LogP contribution in [-0.4, -0.2) is 38.2 Å². The zero-order valence-electron chi connectivity index (χ0n) is 17.0. The van der Waals surface area contributed by atoms with Crippen LogP contribution in [-0.2, 0) is 16.4 Å². The van der Waals surface area contributed by atoms with Gasteiger partial charge in [-0.2, -0.15) is 0 Å². The maximum atomic E-state index is 13.3. The van der Waals surface area contributed by atoms with Gasteiger partial charge in [0.1, 0.15) is 6.29 Å². The van der Waals surface area contributed by atoms with Crippen molar-refractivity contribution in [3.63, 3.8) is 0 Å². The fourth-order valence-electron chi connectivity index (χ4n) is 3.63. The minimum atomic E-state index is -3.95. The Morgan fingerprint density at radius 2 is 1.85 bits per heavy atom. The van der Waals surface area contributed by atoms with Crippen molar-refractivity contribution < 1.29 is 27.9 Å². The number of sulfonamides is 1. The van der Waals surface area contributed by atoms with Gasteiger partial charge in [0.25, 0.3) is 15.9 Å². The number of carbonyl (C=O) groups is 3. The Kier molecular flexibility index (Phi) is 5.92. The van der Waals surface area contributed by atoms with Crippen LogP contribution < -0.4 is 9.62 Å². The molecule has 0 aliphatic carbocycles. The molecule has 3 aromatic carbocycles. The largest absolute Gasteiger partial charge is 0.478 e. The van der Waals surface area contributed by atoms with Crippen molar-refractivity contribution in [2.75, 3.05) is 16.2 Å². The molecule has 0 spiro atoms. The van der Waals surface area contributed by atoms with Gasteiger partial charge in [-0.05, 0) is 66.6 Å². The molecule has 2 N–H and O–H groups in total. The Morgan fingerprint density at radius 3 is 2.58 bits per heavy atom. The maximum Gasteiger partial charge on any atom is 0.337 e. The van der Waals surface area contributed by atoms with Crippen molar-refractivity contribution in [1.29, 1.82) is 0 Å². The van der Waals surface area contributed by atoms with Gasteiger partial charge in [0.15, 0.2) is 0 Å². The molecule has 0 bridgehead atoms. The first-order valence-electron chi connectivity index (χ1n) is 9.76. The Morgan fingerprint density at radius 1 is 1.06 bits per heavy atom. The SMILES string of the molecule is O=Cc1ccc(NC(=O)c2cccc(S(=O)(=O)N3CCc4cc(Cl)ccc43)c2)c(C(=O)O)c1. The summed E-state index contributed by atoms with van der Waals surface area (Å²) in [5.74, 6) is -2.01. The van der Waals surface area contributed by atoms with E-state index in [1.807, 2.05) is 0 Å². The van der Waals surface area contributed by atoms with E-state index in [1.165, 1.54) is 40.7 Å². The molecule has 0 radical (unpaired) electrons. The number of aromatic carboxylic acids is 1. The van der Waals surface area contributed by atoms with Gasteiger partial charge < -0.3 is 10.4 Å². The van der Waals surface area contributed by atoms with E-state index in [0.717, 1.165) is 11.6 Å². The van der Waals surface area contributed by atoms with Crippen molar-refractivity contribution in [1.82, 2.24) is 0 Å². The third kappa shape index (κ3) is 4.33. The predicted octanol–water partition coefficient (Wildman–Crippen LogP) is 3.85. The molecule has 0 atom stereocenters. The smallest absolute Gasteiger partial charge is 0.337 e. The minimum Gasteiger partial charge on any atom is -0.478 e. The van der Waals surface area contributed by atoms with Crippen molar-refractivity contribution in [2.45, 2.75) is 11.3 Å². The Labute approximate surface area is 194 Å². The Bertz CT molecular complexity index is 1400. The van der Waals surface area contributed by atoms with E-state index in [2.05, 4.69) is 5.32 Å². The highest BCUT2D eigenvalue weighted by Crippen LogP contribution is 2.34. The standard InChI is InChI=1S/C23H17ClN2O6S/c24-17-5-7-21-15(11-17)8-9-26(21)33(31,32)18-3-1-2-16(12-18)22(28)25-20-6-4-14(13-27)10-19(20)23(29)30/h1-7,10-13H,8-9H2,(H,25,28)(H,29,30). The number of fused-ring (bicyclic) bond motifs is 1. The lowest BCUT2D eigenvalue weighted by atomic mass is 10.1. The first-order valence-corrected chi connectivity index (χ1v) is 11.6. The van der Waals surface area contributed by atoms with Crippen molar-refractivity contribution in [2.24, 2.45) is 0 Å². The molecule has 1 aliphatic rings. The first kappa shape index (κ1) is 22.5. The number of hydrogen-bond donors (Lipinski definition) is 2. The number of carboxylic acids is 1. The fraction of sp³-hybridized carbons (Fsp3) is 0.0870. The second-order valence-electron chi connectivity index (χ2n) is 7.31. The van der Waals surface area contributed by atoms with Gasteiger partial charge in [-0.3, -0.25) is 13.9 Å². The van der Waals surface area contributed by atoms with Gasteiger partial charge >= 0.3 is 5.97 Å². The molecule has 1 heterocycles. The zero-order valence-corrected chi connectivity index (χ0v) is 18.6. The molecule has 3 aromatic rings. The number of anilines is 2. The fourth-order valence-corrected chi connectivity index (χ4v) is 5.37. The van der Waals surface area contributed by atoms with E-state index in [0.29, 0.717) is 23.4 Å². The normalized spacial score (nSPS) is 12.8. The molecule has 168 valence electrons. The van der Waals surface area contributed by atoms with E-state index < -0.39 is 21.9 Å². The van der Waals surface area contributed by atoms with Gasteiger partial charge in [0.2, 0.25) is 0 Å². The summed E-state index contributed by atoms with van der Waals surface area (Å²) in [6.07, 6.45) is 1.01. The number of carbonyl (C=O) groups excluding carboxylic acids is 2. The monoisotopic (exact) mass is 484 g/mol. The highest BCUT2D eigenvalue weighted by molar-refractivity contribution is 7.92. The van der Waals surface area contributed by atoms with Crippen LogP contribution in [0.3, 0.4) is 0 Å². The summed E-state index contributed by atoms with van der Waals surface area (Å²) in [6, 6.07) is 14.3. The lowest BCUT2D eigenvalue weighted by Crippen LogP contribution is -2.29. The molecule has 0 saturated carbocycles. The van der Waals surface area contributed by atoms with Gasteiger partial charge in [0, 0.05) is 22.7 Å². The molecule has 0 aromatic heterocycles. The molecule has 0 unspecified atom stereocenters. The first-order chi connectivity index (χ1) is 15.7.